The van der Waals surface area contributed by atoms with Gasteiger partial charge in [0.25, 0.3) is 0 Å². The molecule has 40 heavy (non-hydrogen) atoms. The van der Waals surface area contributed by atoms with Crippen LogP contribution in [0, 0.1) is 18.3 Å². The number of hydrogen-bond acceptors (Lipinski definition) is 9. The van der Waals surface area contributed by atoms with E-state index in [1.54, 1.807) is 30.5 Å². The monoisotopic (exact) mass is 573 g/mol. The molecule has 4 aromatic rings. The zero-order valence-corrected chi connectivity index (χ0v) is 24.1. The number of nitrogens with one attached hydrogen (secondary N) is 2. The molecule has 0 aliphatic rings. The van der Waals surface area contributed by atoms with Gasteiger partial charge in [0.2, 0.25) is 5.91 Å². The number of carbonyl (C=O) groups is 1. The zero-order chi connectivity index (χ0) is 28.6. The van der Waals surface area contributed by atoms with Gasteiger partial charge in [0.15, 0.2) is 5.16 Å². The highest BCUT2D eigenvalue weighted by atomic mass is 35.5. The van der Waals surface area contributed by atoms with Crippen LogP contribution in [-0.2, 0) is 4.79 Å². The van der Waals surface area contributed by atoms with Gasteiger partial charge in [-0.05, 0) is 70.0 Å². The molecule has 0 spiro atoms. The van der Waals surface area contributed by atoms with E-state index in [4.69, 9.17) is 16.3 Å². The molecule has 2 N–H and O–H groups in total. The van der Waals surface area contributed by atoms with E-state index in [-0.39, 0.29) is 5.91 Å². The Morgan fingerprint density at radius 1 is 1.23 bits per heavy atom. The molecule has 0 aliphatic heterocycles. The molecule has 204 valence electrons. The van der Waals surface area contributed by atoms with Crippen molar-refractivity contribution in [1.29, 1.82) is 5.26 Å². The summed E-state index contributed by atoms with van der Waals surface area (Å²) in [6.07, 6.45) is 6.46. The van der Waals surface area contributed by atoms with E-state index >= 15 is 0 Å². The highest BCUT2D eigenvalue weighted by Gasteiger charge is 2.16. The summed E-state index contributed by atoms with van der Waals surface area (Å²) in [7, 11) is 3.84. The number of anilines is 3. The topological polar surface area (TPSA) is 116 Å². The quantitative estimate of drug-likeness (QED) is 0.169. The maximum absolute atomic E-state index is 12.6. The first-order valence-corrected chi connectivity index (χ1v) is 13.6. The summed E-state index contributed by atoms with van der Waals surface area (Å²) in [4.78, 5) is 28.5. The summed E-state index contributed by atoms with van der Waals surface area (Å²) >= 11 is 7.98. The smallest absolute Gasteiger partial charge is 0.248 e. The number of benzene rings is 2. The van der Waals surface area contributed by atoms with Crippen LogP contribution < -0.4 is 15.4 Å². The second kappa shape index (κ2) is 13.3. The molecule has 2 aromatic carbocycles. The van der Waals surface area contributed by atoms with Gasteiger partial charge in [-0.2, -0.15) is 5.26 Å². The Morgan fingerprint density at radius 3 is 2.75 bits per heavy atom. The Labute approximate surface area is 242 Å². The van der Waals surface area contributed by atoms with Crippen LogP contribution in [0.15, 0.2) is 71.0 Å². The van der Waals surface area contributed by atoms with Crippen molar-refractivity contribution in [1.82, 2.24) is 19.9 Å². The number of likely N-dealkylation sites (N-methyl/N-ethyl adjacent to an activating group) is 1. The van der Waals surface area contributed by atoms with Crippen molar-refractivity contribution in [3.8, 4) is 11.8 Å². The molecule has 0 aliphatic carbocycles. The van der Waals surface area contributed by atoms with Crippen molar-refractivity contribution in [2.45, 2.75) is 23.9 Å². The van der Waals surface area contributed by atoms with Gasteiger partial charge in [-0.25, -0.2) is 9.97 Å². The average Bonchev–Trinajstić information content (AvgIpc) is 2.91. The first-order valence-electron chi connectivity index (χ1n) is 12.4. The number of fused-ring (bicyclic) bond motifs is 1. The van der Waals surface area contributed by atoms with E-state index in [2.05, 4.69) is 31.7 Å². The minimum Gasteiger partial charge on any atom is -0.492 e. The van der Waals surface area contributed by atoms with Crippen LogP contribution in [0.4, 0.5) is 17.1 Å². The van der Waals surface area contributed by atoms with E-state index in [1.807, 2.05) is 51.0 Å². The van der Waals surface area contributed by atoms with Gasteiger partial charge >= 0.3 is 0 Å². The molecule has 0 saturated carbocycles. The third-order valence-electron chi connectivity index (χ3n) is 5.56. The standard InChI is InChI=1S/C29H28ClN7O2S/c1-5-39-25-15-23-21(14-24(25)36-27(38)7-6-12-37(3)4)28(19(16-31)17-33-23)35-20-8-9-26(22(30)13-20)40-29-32-11-10-18(2)34-29/h6-11,13-15,17H,5,12H2,1-4H3,(H,33,35)(H,36,38)/b7-6+. The number of hydrogen-bond donors (Lipinski definition) is 2. The zero-order valence-electron chi connectivity index (χ0n) is 22.5. The molecule has 4 rings (SSSR count). The summed E-state index contributed by atoms with van der Waals surface area (Å²) in [6, 6.07) is 13.1. The van der Waals surface area contributed by atoms with E-state index in [0.29, 0.717) is 62.6 Å². The molecule has 9 nitrogen and oxygen atoms in total. The van der Waals surface area contributed by atoms with Crippen LogP contribution in [0.3, 0.4) is 0 Å². The first kappa shape index (κ1) is 28.8. The summed E-state index contributed by atoms with van der Waals surface area (Å²) < 4.78 is 5.79. The molecule has 11 heteroatoms. The number of aryl methyl sites for hydroxylation is 1. The van der Waals surface area contributed by atoms with Crippen LogP contribution in [-0.4, -0.2) is 53.0 Å². The van der Waals surface area contributed by atoms with E-state index in [1.165, 1.54) is 24.0 Å². The maximum Gasteiger partial charge on any atom is 0.248 e. The number of pyridine rings is 1. The lowest BCUT2D eigenvalue weighted by atomic mass is 10.1. The minimum absolute atomic E-state index is 0.293. The molecule has 2 heterocycles. The van der Waals surface area contributed by atoms with Gasteiger partial charge in [-0.15, -0.1) is 0 Å². The van der Waals surface area contributed by atoms with Gasteiger partial charge in [0.05, 0.1) is 34.1 Å². The number of rotatable bonds is 10. The Hall–Kier alpha value is -4.17. The molecule has 0 atom stereocenters. The van der Waals surface area contributed by atoms with Crippen molar-refractivity contribution in [2.24, 2.45) is 0 Å². The van der Waals surface area contributed by atoms with Gasteiger partial charge in [-0.1, -0.05) is 17.7 Å². The third kappa shape index (κ3) is 7.27. The number of nitriles is 1. The van der Waals surface area contributed by atoms with E-state index in [0.717, 1.165) is 10.6 Å². The molecule has 1 amide bonds. The normalized spacial score (nSPS) is 11.1. The molecule has 2 aromatic heterocycles. The second-order valence-corrected chi connectivity index (χ2v) is 10.4. The molecule has 0 saturated heterocycles. The summed E-state index contributed by atoms with van der Waals surface area (Å²) in [6.45, 7) is 4.80. The lowest BCUT2D eigenvalue weighted by Gasteiger charge is -2.16. The summed E-state index contributed by atoms with van der Waals surface area (Å²) in [5.41, 5.74) is 3.48. The van der Waals surface area contributed by atoms with E-state index in [9.17, 15) is 10.1 Å². The number of carbonyl (C=O) groups excluding carboxylic acids is 1. The fourth-order valence-corrected chi connectivity index (χ4v) is 4.82. The van der Waals surface area contributed by atoms with Crippen molar-refractivity contribution in [3.63, 3.8) is 0 Å². The number of ether oxygens (including phenoxy) is 1. The number of aromatic nitrogens is 3. The summed E-state index contributed by atoms with van der Waals surface area (Å²) in [5.74, 6) is 0.189. The van der Waals surface area contributed by atoms with Crippen LogP contribution in [0.5, 0.6) is 5.75 Å². The Bertz CT molecular complexity index is 1620. The summed E-state index contributed by atoms with van der Waals surface area (Å²) in [5, 5.41) is 17.8. The molecular formula is C29H28ClN7O2S. The van der Waals surface area contributed by atoms with Gasteiger partial charge in [0.1, 0.15) is 11.8 Å². The Morgan fingerprint density at radius 2 is 2.05 bits per heavy atom. The van der Waals surface area contributed by atoms with Gasteiger partial charge < -0.3 is 20.3 Å². The third-order valence-corrected chi connectivity index (χ3v) is 6.94. The van der Waals surface area contributed by atoms with E-state index < -0.39 is 0 Å². The lowest BCUT2D eigenvalue weighted by molar-refractivity contribution is -0.111. The Balaban J connectivity index is 1.68. The highest BCUT2D eigenvalue weighted by Crippen LogP contribution is 2.38. The molecule has 0 bridgehead atoms. The predicted octanol–water partition coefficient (Wildman–Crippen LogP) is 6.21. The van der Waals surface area contributed by atoms with Crippen molar-refractivity contribution in [3.05, 3.63) is 77.2 Å². The first-order chi connectivity index (χ1) is 19.3. The maximum atomic E-state index is 12.6. The SMILES string of the molecule is CCOc1cc2ncc(C#N)c(Nc3ccc(Sc4nccc(C)n4)c(Cl)c3)c2cc1NC(=O)/C=C/CN(C)C. The van der Waals surface area contributed by atoms with Crippen LogP contribution in [0.25, 0.3) is 10.9 Å². The van der Waals surface area contributed by atoms with Crippen LogP contribution in [0.2, 0.25) is 5.02 Å². The minimum atomic E-state index is -0.293. The van der Waals surface area contributed by atoms with Crippen molar-refractivity contribution >= 4 is 57.2 Å². The number of amides is 1. The van der Waals surface area contributed by atoms with Crippen molar-refractivity contribution in [2.75, 3.05) is 37.9 Å². The molecule has 0 radical (unpaired) electrons. The fourth-order valence-electron chi connectivity index (χ4n) is 3.74. The molecular weight excluding hydrogens is 546 g/mol. The number of nitrogens with zero attached hydrogens (tertiary/aromatic N) is 5. The lowest BCUT2D eigenvalue weighted by Crippen LogP contribution is -2.13. The Kier molecular flexibility index (Phi) is 9.56. The highest BCUT2D eigenvalue weighted by molar-refractivity contribution is 7.99. The largest absolute Gasteiger partial charge is 0.492 e. The van der Waals surface area contributed by atoms with Gasteiger partial charge in [0, 0.05) is 52.7 Å². The van der Waals surface area contributed by atoms with Crippen LogP contribution >= 0.6 is 23.4 Å². The fraction of sp³-hybridized carbons (Fsp3) is 0.207. The van der Waals surface area contributed by atoms with Crippen molar-refractivity contribution < 1.29 is 9.53 Å². The number of halogens is 1. The molecule has 0 unspecified atom stereocenters. The average molecular weight is 574 g/mol. The predicted molar refractivity (Wildman–Crippen MR) is 160 cm³/mol. The molecule has 0 fully saturated rings. The second-order valence-electron chi connectivity index (χ2n) is 8.96. The van der Waals surface area contributed by atoms with Gasteiger partial charge in [-0.3, -0.25) is 9.78 Å². The van der Waals surface area contributed by atoms with Crippen LogP contribution in [0.1, 0.15) is 18.2 Å².